The molecule has 1 aliphatic rings. The Hall–Kier alpha value is -1.36. The van der Waals surface area contributed by atoms with E-state index in [4.69, 9.17) is 5.26 Å². The van der Waals surface area contributed by atoms with Crippen molar-refractivity contribution in [2.45, 2.75) is 12.3 Å². The minimum atomic E-state index is -0.212. The van der Waals surface area contributed by atoms with E-state index in [-0.39, 0.29) is 17.7 Å². The molecule has 2 heteroatoms. The first kappa shape index (κ1) is 7.30. The zero-order chi connectivity index (χ0) is 8.55. The highest BCUT2D eigenvalue weighted by atomic mass is 19.1. The van der Waals surface area contributed by atoms with Crippen LogP contribution in [-0.4, -0.2) is 0 Å². The molecule has 0 amide bonds. The third kappa shape index (κ3) is 1.18. The van der Waals surface area contributed by atoms with E-state index in [0.717, 1.165) is 12.0 Å². The molecule has 0 N–H and O–H groups in total. The molecule has 0 bridgehead atoms. The number of nitrogens with zero attached hydrogens (tertiary/aromatic N) is 1. The standard InChI is InChI=1S/C10H8FN/c11-9-3-1-2-7(4-9)10-5-8(10)6-12/h1-4,8,10H,5H2. The summed E-state index contributed by atoms with van der Waals surface area (Å²) in [6.45, 7) is 0. The Bertz CT molecular complexity index is 340. The molecule has 0 spiro atoms. The van der Waals surface area contributed by atoms with E-state index < -0.39 is 0 Å². The highest BCUT2D eigenvalue weighted by molar-refractivity contribution is 5.29. The normalized spacial score (nSPS) is 26.3. The van der Waals surface area contributed by atoms with Crippen molar-refractivity contribution in [1.29, 1.82) is 5.26 Å². The summed E-state index contributed by atoms with van der Waals surface area (Å²) in [6.07, 6.45) is 0.889. The summed E-state index contributed by atoms with van der Waals surface area (Å²) in [5.74, 6) is 0.189. The van der Waals surface area contributed by atoms with Crippen LogP contribution in [0, 0.1) is 23.1 Å². The maximum Gasteiger partial charge on any atom is 0.123 e. The van der Waals surface area contributed by atoms with Gasteiger partial charge in [0.1, 0.15) is 5.82 Å². The molecule has 12 heavy (non-hydrogen) atoms. The van der Waals surface area contributed by atoms with Gasteiger partial charge < -0.3 is 0 Å². The zero-order valence-corrected chi connectivity index (χ0v) is 6.50. The van der Waals surface area contributed by atoms with Crippen LogP contribution in [0.2, 0.25) is 0 Å². The predicted molar refractivity (Wildman–Crippen MR) is 42.9 cm³/mol. The summed E-state index contributed by atoms with van der Waals surface area (Å²) in [4.78, 5) is 0. The topological polar surface area (TPSA) is 23.8 Å². The van der Waals surface area contributed by atoms with Crippen LogP contribution in [-0.2, 0) is 0 Å². The van der Waals surface area contributed by atoms with Crippen LogP contribution in [0.1, 0.15) is 17.9 Å². The molecular weight excluding hydrogens is 153 g/mol. The van der Waals surface area contributed by atoms with Crippen LogP contribution in [0.15, 0.2) is 24.3 Å². The molecule has 0 saturated heterocycles. The summed E-state index contributed by atoms with van der Waals surface area (Å²) in [6, 6.07) is 8.70. The lowest BCUT2D eigenvalue weighted by atomic mass is 10.1. The molecule has 2 atom stereocenters. The monoisotopic (exact) mass is 161 g/mol. The second kappa shape index (κ2) is 2.60. The van der Waals surface area contributed by atoms with Crippen LogP contribution in [0.4, 0.5) is 4.39 Å². The molecule has 60 valence electrons. The fourth-order valence-corrected chi connectivity index (χ4v) is 1.44. The van der Waals surface area contributed by atoms with Gasteiger partial charge in [0.05, 0.1) is 12.0 Å². The van der Waals surface area contributed by atoms with Crippen molar-refractivity contribution in [3.05, 3.63) is 35.6 Å². The number of benzene rings is 1. The molecule has 1 aromatic carbocycles. The van der Waals surface area contributed by atoms with Crippen molar-refractivity contribution < 1.29 is 4.39 Å². The summed E-state index contributed by atoms with van der Waals surface area (Å²) in [5, 5.41) is 8.56. The molecule has 1 nitrogen and oxygen atoms in total. The molecule has 0 heterocycles. The van der Waals surface area contributed by atoms with E-state index in [2.05, 4.69) is 6.07 Å². The van der Waals surface area contributed by atoms with Crippen LogP contribution in [0.25, 0.3) is 0 Å². The van der Waals surface area contributed by atoms with E-state index in [1.165, 1.54) is 12.1 Å². The summed E-state index contributed by atoms with van der Waals surface area (Å²) < 4.78 is 12.7. The van der Waals surface area contributed by atoms with Crippen LogP contribution >= 0.6 is 0 Å². The van der Waals surface area contributed by atoms with Crippen molar-refractivity contribution in [2.24, 2.45) is 5.92 Å². The maximum absolute atomic E-state index is 12.7. The van der Waals surface area contributed by atoms with Crippen molar-refractivity contribution in [1.82, 2.24) is 0 Å². The molecule has 2 rings (SSSR count). The van der Waals surface area contributed by atoms with Crippen molar-refractivity contribution in [3.63, 3.8) is 0 Å². The number of halogens is 1. The van der Waals surface area contributed by atoms with Gasteiger partial charge in [0, 0.05) is 5.92 Å². The van der Waals surface area contributed by atoms with E-state index >= 15 is 0 Å². The van der Waals surface area contributed by atoms with Crippen molar-refractivity contribution in [3.8, 4) is 6.07 Å². The lowest BCUT2D eigenvalue weighted by molar-refractivity contribution is 0.625. The largest absolute Gasteiger partial charge is 0.207 e. The van der Waals surface area contributed by atoms with Gasteiger partial charge in [0.15, 0.2) is 0 Å². The van der Waals surface area contributed by atoms with E-state index in [1.54, 1.807) is 6.07 Å². The van der Waals surface area contributed by atoms with Crippen LogP contribution in [0.3, 0.4) is 0 Å². The Kier molecular flexibility index (Phi) is 1.58. The van der Waals surface area contributed by atoms with E-state index in [1.807, 2.05) is 6.07 Å². The average Bonchev–Trinajstić information content (AvgIpc) is 2.83. The molecule has 0 radical (unpaired) electrons. The average molecular weight is 161 g/mol. The fraction of sp³-hybridized carbons (Fsp3) is 0.300. The number of hydrogen-bond donors (Lipinski definition) is 0. The first-order valence-corrected chi connectivity index (χ1v) is 3.96. The van der Waals surface area contributed by atoms with Crippen LogP contribution < -0.4 is 0 Å². The Morgan fingerprint density at radius 1 is 1.50 bits per heavy atom. The van der Waals surface area contributed by atoms with Gasteiger partial charge in [-0.25, -0.2) is 4.39 Å². The maximum atomic E-state index is 12.7. The second-order valence-corrected chi connectivity index (χ2v) is 3.13. The third-order valence-electron chi connectivity index (χ3n) is 2.23. The Morgan fingerprint density at radius 3 is 2.92 bits per heavy atom. The second-order valence-electron chi connectivity index (χ2n) is 3.13. The Morgan fingerprint density at radius 2 is 2.33 bits per heavy atom. The molecule has 1 aromatic rings. The molecule has 1 aliphatic carbocycles. The molecular formula is C10H8FN. The quantitative estimate of drug-likeness (QED) is 0.620. The van der Waals surface area contributed by atoms with E-state index in [0.29, 0.717) is 0 Å². The van der Waals surface area contributed by atoms with Gasteiger partial charge in [0.25, 0.3) is 0 Å². The zero-order valence-electron chi connectivity index (χ0n) is 6.50. The lowest BCUT2D eigenvalue weighted by Crippen LogP contribution is -1.82. The number of nitriles is 1. The van der Waals surface area contributed by atoms with Gasteiger partial charge in [-0.3, -0.25) is 0 Å². The molecule has 2 unspecified atom stereocenters. The Labute approximate surface area is 70.4 Å². The van der Waals surface area contributed by atoms with Crippen molar-refractivity contribution in [2.75, 3.05) is 0 Å². The summed E-state index contributed by atoms with van der Waals surface area (Å²) >= 11 is 0. The number of rotatable bonds is 1. The number of hydrogen-bond acceptors (Lipinski definition) is 1. The van der Waals surface area contributed by atoms with Gasteiger partial charge >= 0.3 is 0 Å². The predicted octanol–water partition coefficient (Wildman–Crippen LogP) is 2.45. The fourth-order valence-electron chi connectivity index (χ4n) is 1.44. The van der Waals surface area contributed by atoms with Crippen molar-refractivity contribution >= 4 is 0 Å². The van der Waals surface area contributed by atoms with Gasteiger partial charge in [-0.1, -0.05) is 12.1 Å². The van der Waals surface area contributed by atoms with Crippen LogP contribution in [0.5, 0.6) is 0 Å². The third-order valence-corrected chi connectivity index (χ3v) is 2.23. The summed E-state index contributed by atoms with van der Waals surface area (Å²) in [5.41, 5.74) is 0.960. The minimum absolute atomic E-state index is 0.117. The Balaban J connectivity index is 2.21. The first-order chi connectivity index (χ1) is 5.81. The minimum Gasteiger partial charge on any atom is -0.207 e. The van der Waals surface area contributed by atoms with E-state index in [9.17, 15) is 4.39 Å². The first-order valence-electron chi connectivity index (χ1n) is 3.96. The highest BCUT2D eigenvalue weighted by Crippen LogP contribution is 2.46. The SMILES string of the molecule is N#CC1CC1c1cccc(F)c1. The van der Waals surface area contributed by atoms with Gasteiger partial charge in [-0.2, -0.15) is 5.26 Å². The smallest absolute Gasteiger partial charge is 0.123 e. The summed E-state index contributed by atoms with van der Waals surface area (Å²) in [7, 11) is 0. The lowest BCUT2D eigenvalue weighted by Gasteiger charge is -1.95. The van der Waals surface area contributed by atoms with Gasteiger partial charge in [-0.05, 0) is 24.1 Å². The highest BCUT2D eigenvalue weighted by Gasteiger charge is 2.38. The van der Waals surface area contributed by atoms with Gasteiger partial charge in [-0.15, -0.1) is 0 Å². The van der Waals surface area contributed by atoms with Gasteiger partial charge in [0.2, 0.25) is 0 Å². The molecule has 1 fully saturated rings. The molecule has 0 aromatic heterocycles. The molecule has 0 aliphatic heterocycles. The molecule has 1 saturated carbocycles.